The van der Waals surface area contributed by atoms with Crippen LogP contribution in [0.1, 0.15) is 21.5 Å². The van der Waals surface area contributed by atoms with Crippen molar-refractivity contribution in [1.29, 1.82) is 0 Å². The normalized spacial score (nSPS) is 10.3. The van der Waals surface area contributed by atoms with Crippen LogP contribution in [0.5, 0.6) is 0 Å². The number of nitrogens with one attached hydrogen (secondary N) is 3. The van der Waals surface area contributed by atoms with E-state index < -0.39 is 0 Å². The highest BCUT2D eigenvalue weighted by atomic mass is 35.5. The zero-order valence-corrected chi connectivity index (χ0v) is 17.0. The third-order valence-corrected chi connectivity index (χ3v) is 4.58. The van der Waals surface area contributed by atoms with Crippen molar-refractivity contribution in [2.24, 2.45) is 0 Å². The van der Waals surface area contributed by atoms with Crippen LogP contribution in [0.2, 0.25) is 5.02 Å². The van der Waals surface area contributed by atoms with Crippen LogP contribution in [0.4, 0.5) is 17.1 Å². The van der Waals surface area contributed by atoms with Gasteiger partial charge in [0, 0.05) is 27.6 Å². The van der Waals surface area contributed by atoms with Gasteiger partial charge in [0.2, 0.25) is 5.91 Å². The van der Waals surface area contributed by atoms with Crippen molar-refractivity contribution < 1.29 is 9.59 Å². The number of rotatable bonds is 6. The van der Waals surface area contributed by atoms with Gasteiger partial charge in [0.05, 0.1) is 6.54 Å². The smallest absolute Gasteiger partial charge is 0.255 e. The van der Waals surface area contributed by atoms with Crippen molar-refractivity contribution in [2.45, 2.75) is 13.8 Å². The number of benzene rings is 3. The van der Waals surface area contributed by atoms with E-state index in [1.54, 1.807) is 42.5 Å². The number of hydrogen-bond acceptors (Lipinski definition) is 3. The zero-order chi connectivity index (χ0) is 20.8. The maximum absolute atomic E-state index is 12.3. The molecule has 3 N–H and O–H groups in total. The van der Waals surface area contributed by atoms with Crippen LogP contribution in [0, 0.1) is 13.8 Å². The fourth-order valence-electron chi connectivity index (χ4n) is 2.79. The van der Waals surface area contributed by atoms with Crippen LogP contribution in [0.15, 0.2) is 66.7 Å². The minimum atomic E-state index is -0.180. The minimum Gasteiger partial charge on any atom is -0.376 e. The molecule has 3 aromatic carbocycles. The molecule has 0 unspecified atom stereocenters. The van der Waals surface area contributed by atoms with Crippen LogP contribution in [0.3, 0.4) is 0 Å². The summed E-state index contributed by atoms with van der Waals surface area (Å²) in [7, 11) is 0. The molecular formula is C23H22ClN3O2. The molecule has 29 heavy (non-hydrogen) atoms. The van der Waals surface area contributed by atoms with E-state index in [1.807, 2.05) is 38.1 Å². The molecule has 0 spiro atoms. The Kier molecular flexibility index (Phi) is 6.52. The summed E-state index contributed by atoms with van der Waals surface area (Å²) in [6, 6.07) is 19.9. The largest absolute Gasteiger partial charge is 0.376 e. The lowest BCUT2D eigenvalue weighted by atomic mass is 10.1. The summed E-state index contributed by atoms with van der Waals surface area (Å²) in [5, 5.41) is 9.36. The highest BCUT2D eigenvalue weighted by Gasteiger charge is 2.07. The third kappa shape index (κ3) is 5.83. The van der Waals surface area contributed by atoms with Crippen molar-refractivity contribution in [2.75, 3.05) is 22.5 Å². The molecule has 5 nitrogen and oxygen atoms in total. The number of carbonyl (C=O) groups excluding carboxylic acids is 2. The second kappa shape index (κ2) is 9.26. The molecule has 2 amide bonds. The van der Waals surface area contributed by atoms with Crippen LogP contribution in [-0.4, -0.2) is 18.4 Å². The quantitative estimate of drug-likeness (QED) is 0.522. The second-order valence-corrected chi connectivity index (χ2v) is 7.20. The predicted octanol–water partition coefficient (Wildman–Crippen LogP) is 5.26. The molecule has 0 aliphatic heterocycles. The lowest BCUT2D eigenvalue weighted by Crippen LogP contribution is -2.22. The topological polar surface area (TPSA) is 70.2 Å². The number of hydrogen-bond donors (Lipinski definition) is 3. The van der Waals surface area contributed by atoms with Crippen LogP contribution >= 0.6 is 11.6 Å². The molecule has 148 valence electrons. The lowest BCUT2D eigenvalue weighted by molar-refractivity contribution is -0.114. The number of anilines is 3. The van der Waals surface area contributed by atoms with Crippen molar-refractivity contribution in [1.82, 2.24) is 0 Å². The Morgan fingerprint density at radius 2 is 1.55 bits per heavy atom. The molecule has 0 aliphatic carbocycles. The fraction of sp³-hybridized carbons (Fsp3) is 0.130. The molecule has 0 saturated heterocycles. The highest BCUT2D eigenvalue weighted by molar-refractivity contribution is 6.30. The van der Waals surface area contributed by atoms with Gasteiger partial charge in [-0.2, -0.15) is 0 Å². The summed E-state index contributed by atoms with van der Waals surface area (Å²) in [6.45, 7) is 4.00. The predicted molar refractivity (Wildman–Crippen MR) is 119 cm³/mol. The SMILES string of the molecule is Cc1cccc(C(=O)Nc2ccc(NC(=O)CNc3cc(Cl)ccc3C)cc2)c1. The first-order valence-electron chi connectivity index (χ1n) is 9.19. The molecule has 3 aromatic rings. The van der Waals surface area contributed by atoms with Crippen molar-refractivity contribution in [3.63, 3.8) is 0 Å². The van der Waals surface area contributed by atoms with Gasteiger partial charge in [-0.3, -0.25) is 9.59 Å². The van der Waals surface area contributed by atoms with Crippen LogP contribution in [0.25, 0.3) is 0 Å². The van der Waals surface area contributed by atoms with Crippen molar-refractivity contribution in [3.8, 4) is 0 Å². The van der Waals surface area contributed by atoms with E-state index in [1.165, 1.54) is 0 Å². The van der Waals surface area contributed by atoms with Crippen molar-refractivity contribution >= 4 is 40.5 Å². The Labute approximate surface area is 175 Å². The Morgan fingerprint density at radius 1 is 0.862 bits per heavy atom. The summed E-state index contributed by atoms with van der Waals surface area (Å²) in [6.07, 6.45) is 0. The van der Waals surface area contributed by atoms with Crippen LogP contribution in [-0.2, 0) is 4.79 Å². The van der Waals surface area contributed by atoms with E-state index in [0.29, 0.717) is 22.0 Å². The Hall–Kier alpha value is -3.31. The van der Waals surface area contributed by atoms with E-state index in [2.05, 4.69) is 16.0 Å². The van der Waals surface area contributed by atoms with E-state index in [4.69, 9.17) is 11.6 Å². The summed E-state index contributed by atoms with van der Waals surface area (Å²) in [5.41, 5.74) is 4.76. The molecule has 0 aromatic heterocycles. The van der Waals surface area contributed by atoms with Gasteiger partial charge in [-0.05, 0) is 67.9 Å². The summed E-state index contributed by atoms with van der Waals surface area (Å²) < 4.78 is 0. The molecule has 6 heteroatoms. The monoisotopic (exact) mass is 407 g/mol. The molecule has 0 fully saturated rings. The van der Waals surface area contributed by atoms with Gasteiger partial charge in [-0.1, -0.05) is 35.4 Å². The first-order chi connectivity index (χ1) is 13.9. The zero-order valence-electron chi connectivity index (χ0n) is 16.3. The number of amides is 2. The van der Waals surface area contributed by atoms with Gasteiger partial charge in [0.15, 0.2) is 0 Å². The molecular weight excluding hydrogens is 386 g/mol. The minimum absolute atomic E-state index is 0.118. The van der Waals surface area contributed by atoms with Gasteiger partial charge in [-0.25, -0.2) is 0 Å². The number of halogens is 1. The van der Waals surface area contributed by atoms with E-state index >= 15 is 0 Å². The van der Waals surface area contributed by atoms with Crippen LogP contribution < -0.4 is 16.0 Å². The Morgan fingerprint density at radius 3 is 2.24 bits per heavy atom. The van der Waals surface area contributed by atoms with Gasteiger partial charge in [-0.15, -0.1) is 0 Å². The molecule has 0 radical (unpaired) electrons. The second-order valence-electron chi connectivity index (χ2n) is 6.76. The fourth-order valence-corrected chi connectivity index (χ4v) is 2.96. The summed E-state index contributed by atoms with van der Waals surface area (Å²) >= 11 is 5.99. The average Bonchev–Trinajstić information content (AvgIpc) is 2.70. The maximum Gasteiger partial charge on any atom is 0.255 e. The molecule has 0 saturated carbocycles. The number of carbonyl (C=O) groups is 2. The van der Waals surface area contributed by atoms with Gasteiger partial charge in [0.25, 0.3) is 5.91 Å². The maximum atomic E-state index is 12.3. The Bertz CT molecular complexity index is 1030. The van der Waals surface area contributed by atoms with Gasteiger partial charge >= 0.3 is 0 Å². The molecule has 0 heterocycles. The average molecular weight is 408 g/mol. The van der Waals surface area contributed by atoms with E-state index in [9.17, 15) is 9.59 Å². The first kappa shape index (κ1) is 20.4. The third-order valence-electron chi connectivity index (χ3n) is 4.35. The first-order valence-corrected chi connectivity index (χ1v) is 9.56. The summed E-state index contributed by atoms with van der Waals surface area (Å²) in [5.74, 6) is -0.354. The van der Waals surface area contributed by atoms with Gasteiger partial charge < -0.3 is 16.0 Å². The highest BCUT2D eigenvalue weighted by Crippen LogP contribution is 2.20. The molecule has 3 rings (SSSR count). The van der Waals surface area contributed by atoms with Gasteiger partial charge in [0.1, 0.15) is 0 Å². The number of aryl methyl sites for hydroxylation is 2. The van der Waals surface area contributed by atoms with E-state index in [-0.39, 0.29) is 18.4 Å². The summed E-state index contributed by atoms with van der Waals surface area (Å²) in [4.78, 5) is 24.5. The standard InChI is InChI=1S/C23H22ClN3O2/c1-15-4-3-5-17(12-15)23(29)27-20-10-8-19(9-11-20)26-22(28)14-25-21-13-18(24)7-6-16(21)2/h3-13,25H,14H2,1-2H3,(H,26,28)(H,27,29). The Balaban J connectivity index is 1.54. The molecule has 0 aliphatic rings. The molecule has 0 bridgehead atoms. The van der Waals surface area contributed by atoms with Crippen molar-refractivity contribution in [3.05, 3.63) is 88.4 Å². The lowest BCUT2D eigenvalue weighted by Gasteiger charge is -2.11. The van der Waals surface area contributed by atoms with E-state index in [0.717, 1.165) is 16.8 Å². The molecule has 0 atom stereocenters.